The van der Waals surface area contributed by atoms with Crippen molar-refractivity contribution in [3.8, 4) is 0 Å². The highest BCUT2D eigenvalue weighted by Gasteiger charge is 2.37. The molecule has 0 fully saturated rings. The molecule has 0 bridgehead atoms. The van der Waals surface area contributed by atoms with Gasteiger partial charge in [0.15, 0.2) is 0 Å². The molecule has 0 spiro atoms. The van der Waals surface area contributed by atoms with Gasteiger partial charge in [0.1, 0.15) is 36.8 Å². The molecule has 9 N–H and O–H groups in total. The van der Waals surface area contributed by atoms with Crippen LogP contribution >= 0.6 is 0 Å². The van der Waals surface area contributed by atoms with Crippen LogP contribution < -0.4 is 37.6 Å². The third kappa shape index (κ3) is 13.4. The molecular formula is C46H58N10O8. The first-order valence-electron chi connectivity index (χ1n) is 21.5. The van der Waals surface area contributed by atoms with E-state index in [1.807, 2.05) is 49.4 Å². The fourth-order valence-corrected chi connectivity index (χ4v) is 7.51. The number of hydrogen-bond donors (Lipinski definition) is 8. The average molecular weight is 879 g/mol. The maximum absolute atomic E-state index is 14.1. The molecule has 0 saturated carbocycles. The van der Waals surface area contributed by atoms with Crippen LogP contribution in [0.4, 0.5) is 5.69 Å². The molecule has 18 nitrogen and oxygen atoms in total. The highest BCUT2D eigenvalue weighted by molar-refractivity contribution is 6.11. The van der Waals surface area contributed by atoms with Crippen LogP contribution in [0.25, 0.3) is 10.8 Å². The number of amides is 8. The number of primary amides is 1. The number of benzene rings is 3. The quantitative estimate of drug-likeness (QED) is 0.0537. The highest BCUT2D eigenvalue weighted by Crippen LogP contribution is 2.26. The number of imidazole rings is 1. The number of nitrogens with one attached hydrogen (secondary N) is 7. The summed E-state index contributed by atoms with van der Waals surface area (Å²) in [6, 6.07) is 13.3. The molecular weight excluding hydrogens is 821 g/mol. The van der Waals surface area contributed by atoms with Crippen molar-refractivity contribution in [2.45, 2.75) is 109 Å². The summed E-state index contributed by atoms with van der Waals surface area (Å²) in [5, 5.41) is 18.2. The van der Waals surface area contributed by atoms with Crippen LogP contribution in [0.3, 0.4) is 0 Å². The van der Waals surface area contributed by atoms with Crippen LogP contribution in [0, 0.1) is 6.92 Å². The number of anilines is 1. The van der Waals surface area contributed by atoms with Crippen molar-refractivity contribution in [2.75, 3.05) is 18.4 Å². The third-order valence-electron chi connectivity index (χ3n) is 11.0. The molecule has 18 heteroatoms. The molecule has 0 radical (unpaired) electrons. The van der Waals surface area contributed by atoms with Crippen molar-refractivity contribution in [3.05, 3.63) is 95.6 Å². The lowest BCUT2D eigenvalue weighted by Gasteiger charge is -2.29. The number of H-pyrrole nitrogens is 1. The second-order valence-electron chi connectivity index (χ2n) is 16.1. The molecule has 64 heavy (non-hydrogen) atoms. The lowest BCUT2D eigenvalue weighted by molar-refractivity contribution is -0.133. The van der Waals surface area contributed by atoms with E-state index in [1.165, 1.54) is 31.3 Å². The number of aromatic nitrogens is 2. The molecule has 5 atom stereocenters. The second-order valence-corrected chi connectivity index (χ2v) is 16.1. The molecule has 1 aliphatic heterocycles. The SMILES string of the molecule is CCCC[C@H](NC(C)=O)C(=O)N[C@@H](C)C(=O)N[C@@H](Cc1cnc[nH]1)C(=O)NCCCCC1C(=O)Nc2ccc(C)cc2C(=O)N1CC(=O)N[C@@H](Cc1ccc2ccccc2c1)C(N)=O. The van der Waals surface area contributed by atoms with E-state index in [4.69, 9.17) is 5.73 Å². The summed E-state index contributed by atoms with van der Waals surface area (Å²) in [7, 11) is 0. The molecule has 2 heterocycles. The minimum absolute atomic E-state index is 0.0591. The van der Waals surface area contributed by atoms with Gasteiger partial charge in [0.05, 0.1) is 17.6 Å². The number of aryl methyl sites for hydroxylation is 1. The molecule has 1 unspecified atom stereocenters. The van der Waals surface area contributed by atoms with E-state index < -0.39 is 78.1 Å². The van der Waals surface area contributed by atoms with Crippen molar-refractivity contribution in [2.24, 2.45) is 5.73 Å². The van der Waals surface area contributed by atoms with Crippen molar-refractivity contribution in [1.82, 2.24) is 41.5 Å². The number of carbonyl (C=O) groups is 8. The minimum atomic E-state index is -1.09. The topological polar surface area (TPSA) is 267 Å². The van der Waals surface area contributed by atoms with Crippen LogP contribution in [-0.4, -0.2) is 105 Å². The van der Waals surface area contributed by atoms with Gasteiger partial charge >= 0.3 is 0 Å². The molecule has 5 rings (SSSR count). The van der Waals surface area contributed by atoms with Crippen molar-refractivity contribution in [1.29, 1.82) is 0 Å². The normalized spacial score (nSPS) is 15.4. The Morgan fingerprint density at radius 2 is 1.59 bits per heavy atom. The van der Waals surface area contributed by atoms with Crippen molar-refractivity contribution in [3.63, 3.8) is 0 Å². The van der Waals surface area contributed by atoms with E-state index in [0.29, 0.717) is 37.1 Å². The number of hydrogen-bond acceptors (Lipinski definition) is 9. The average Bonchev–Trinajstić information content (AvgIpc) is 3.75. The van der Waals surface area contributed by atoms with Crippen LogP contribution in [0.1, 0.15) is 86.5 Å². The summed E-state index contributed by atoms with van der Waals surface area (Å²) >= 11 is 0. The molecule has 1 aliphatic rings. The largest absolute Gasteiger partial charge is 0.368 e. The zero-order valence-corrected chi connectivity index (χ0v) is 36.6. The number of unbranched alkanes of at least 4 members (excludes halogenated alkanes) is 2. The van der Waals surface area contributed by atoms with E-state index >= 15 is 0 Å². The van der Waals surface area contributed by atoms with E-state index in [1.54, 1.807) is 25.1 Å². The van der Waals surface area contributed by atoms with E-state index in [-0.39, 0.29) is 37.3 Å². The summed E-state index contributed by atoms with van der Waals surface area (Å²) in [5.74, 6) is -4.52. The van der Waals surface area contributed by atoms with Gasteiger partial charge in [0, 0.05) is 38.2 Å². The summed E-state index contributed by atoms with van der Waals surface area (Å²) < 4.78 is 0. The standard InChI is InChI=1S/C46H58N10O8/c1-5-6-13-36(52-29(4)57)44(62)51-28(3)42(60)55-38(23-33-24-48-26-50-33)43(61)49-19-10-9-14-39-45(63)54-35-18-15-27(2)20-34(35)46(64)56(39)25-40(58)53-37(41(47)59)22-30-16-17-31-11-7-8-12-32(31)21-30/h7-8,11-12,15-18,20-21,24,26,28,36-39H,5-6,9-10,13-14,19,22-23,25H2,1-4H3,(H2,47,59)(H,48,50)(H,49,61)(H,51,62)(H,52,57)(H,53,58)(H,54,63)(H,55,60)/t28-,36-,37-,38-,39?/m0/s1. The van der Waals surface area contributed by atoms with Gasteiger partial charge < -0.3 is 47.5 Å². The first kappa shape index (κ1) is 47.9. The summed E-state index contributed by atoms with van der Waals surface area (Å²) in [5.41, 5.74) is 8.36. The number of rotatable bonds is 22. The third-order valence-corrected chi connectivity index (χ3v) is 11.0. The Kier molecular flexibility index (Phi) is 17.1. The predicted octanol–water partition coefficient (Wildman–Crippen LogP) is 2.06. The maximum atomic E-state index is 14.1. The fourth-order valence-electron chi connectivity index (χ4n) is 7.51. The van der Waals surface area contributed by atoms with Gasteiger partial charge in [0.25, 0.3) is 5.91 Å². The van der Waals surface area contributed by atoms with Crippen LogP contribution in [0.2, 0.25) is 0 Å². The summed E-state index contributed by atoms with van der Waals surface area (Å²) in [6.07, 6.45) is 5.82. The Morgan fingerprint density at radius 1 is 0.828 bits per heavy atom. The molecule has 340 valence electrons. The Hall–Kier alpha value is -7.11. The van der Waals surface area contributed by atoms with Crippen molar-refractivity contribution >= 4 is 63.7 Å². The van der Waals surface area contributed by atoms with Gasteiger partial charge in [-0.1, -0.05) is 73.9 Å². The lowest BCUT2D eigenvalue weighted by atomic mass is 10.0. The van der Waals surface area contributed by atoms with E-state index in [0.717, 1.165) is 28.3 Å². The van der Waals surface area contributed by atoms with Gasteiger partial charge in [-0.15, -0.1) is 0 Å². The Labute approximate surface area is 371 Å². The van der Waals surface area contributed by atoms with Gasteiger partial charge in [-0.05, 0) is 68.0 Å². The first-order chi connectivity index (χ1) is 30.6. The number of carbonyl (C=O) groups excluding carboxylic acids is 8. The maximum Gasteiger partial charge on any atom is 0.257 e. The zero-order valence-electron chi connectivity index (χ0n) is 36.6. The van der Waals surface area contributed by atoms with E-state index in [2.05, 4.69) is 41.9 Å². The van der Waals surface area contributed by atoms with Gasteiger partial charge in [0.2, 0.25) is 41.4 Å². The van der Waals surface area contributed by atoms with Crippen LogP contribution in [0.15, 0.2) is 73.2 Å². The van der Waals surface area contributed by atoms with E-state index in [9.17, 15) is 38.4 Å². The van der Waals surface area contributed by atoms with Gasteiger partial charge in [-0.25, -0.2) is 4.98 Å². The molecule has 4 aromatic rings. The molecule has 1 aromatic heterocycles. The molecule has 8 amide bonds. The number of nitrogens with zero attached hydrogens (tertiary/aromatic N) is 2. The number of nitrogens with two attached hydrogens (primary N) is 1. The highest BCUT2D eigenvalue weighted by atomic mass is 16.2. The Morgan fingerprint density at radius 3 is 2.30 bits per heavy atom. The van der Waals surface area contributed by atoms with Gasteiger partial charge in [-0.2, -0.15) is 0 Å². The van der Waals surface area contributed by atoms with Crippen LogP contribution in [-0.2, 0) is 46.4 Å². The van der Waals surface area contributed by atoms with Crippen LogP contribution in [0.5, 0.6) is 0 Å². The predicted molar refractivity (Wildman–Crippen MR) is 239 cm³/mol. The first-order valence-corrected chi connectivity index (χ1v) is 21.5. The Bertz CT molecular complexity index is 2330. The zero-order chi connectivity index (χ0) is 46.3. The van der Waals surface area contributed by atoms with Crippen molar-refractivity contribution < 1.29 is 38.4 Å². The summed E-state index contributed by atoms with van der Waals surface area (Å²) in [6.45, 7) is 6.14. The number of fused-ring (bicyclic) bond motifs is 2. The second kappa shape index (κ2) is 22.8. The monoisotopic (exact) mass is 878 g/mol. The molecule has 0 aliphatic carbocycles. The molecule has 3 aromatic carbocycles. The van der Waals surface area contributed by atoms with Gasteiger partial charge in [-0.3, -0.25) is 38.4 Å². The fraction of sp³-hybridized carbons (Fsp3) is 0.413. The number of aromatic amines is 1. The summed E-state index contributed by atoms with van der Waals surface area (Å²) in [4.78, 5) is 114. The smallest absolute Gasteiger partial charge is 0.257 e. The minimum Gasteiger partial charge on any atom is -0.368 e. The Balaban J connectivity index is 1.22. The molecule has 0 saturated heterocycles. The lowest BCUT2D eigenvalue weighted by Crippen LogP contribution is -2.56.